The second-order valence-electron chi connectivity index (χ2n) is 7.83. The molecule has 34 heavy (non-hydrogen) atoms. The molecule has 2 aromatic rings. The molecule has 0 saturated heterocycles. The third-order valence-corrected chi connectivity index (χ3v) is 6.80. The van der Waals surface area contributed by atoms with Crippen LogP contribution in [-0.2, 0) is 26.2 Å². The Morgan fingerprint density at radius 1 is 1.12 bits per heavy atom. The average Bonchev–Trinajstić information content (AvgIpc) is 2.77. The Hall–Kier alpha value is -2.36. The summed E-state index contributed by atoms with van der Waals surface area (Å²) in [5.74, 6) is -1.45. The normalized spacial score (nSPS) is 12.2. The summed E-state index contributed by atoms with van der Waals surface area (Å²) in [5.41, 5.74) is 0.626. The van der Waals surface area contributed by atoms with E-state index in [4.69, 9.17) is 23.2 Å². The number of unbranched alkanes of at least 4 members (excludes halogenated alkanes) is 1. The van der Waals surface area contributed by atoms with Crippen molar-refractivity contribution < 1.29 is 22.4 Å². The first kappa shape index (κ1) is 27.9. The molecule has 186 valence electrons. The van der Waals surface area contributed by atoms with Gasteiger partial charge in [0.25, 0.3) is 0 Å². The number of anilines is 1. The van der Waals surface area contributed by atoms with Gasteiger partial charge in [0.2, 0.25) is 21.8 Å². The third-order valence-electron chi connectivity index (χ3n) is 5.12. The fourth-order valence-electron chi connectivity index (χ4n) is 3.18. The average molecular weight is 532 g/mol. The Bertz CT molecular complexity index is 1110. The standard InChI is InChI=1S/C23H28Cl2FN3O4S/c1-4-5-12-27-23(31)16(2)28(14-17-6-9-19(26)10-7-17)22(30)15-29(34(3,32)33)21-13-18(24)8-11-20(21)25/h6-11,13,16H,4-5,12,14-15H2,1-3H3,(H,27,31). The summed E-state index contributed by atoms with van der Waals surface area (Å²) in [6.07, 6.45) is 2.61. The zero-order valence-corrected chi connectivity index (χ0v) is 21.6. The lowest BCUT2D eigenvalue weighted by atomic mass is 10.1. The molecular weight excluding hydrogens is 504 g/mol. The summed E-state index contributed by atoms with van der Waals surface area (Å²) in [4.78, 5) is 27.4. The van der Waals surface area contributed by atoms with E-state index < -0.39 is 34.3 Å². The largest absolute Gasteiger partial charge is 0.354 e. The van der Waals surface area contributed by atoms with Gasteiger partial charge < -0.3 is 10.2 Å². The molecule has 0 spiro atoms. The van der Waals surface area contributed by atoms with Gasteiger partial charge in [-0.15, -0.1) is 0 Å². The van der Waals surface area contributed by atoms with Gasteiger partial charge in [0.05, 0.1) is 17.0 Å². The number of nitrogens with zero attached hydrogens (tertiary/aromatic N) is 2. The topological polar surface area (TPSA) is 86.8 Å². The lowest BCUT2D eigenvalue weighted by Crippen LogP contribution is -2.51. The van der Waals surface area contributed by atoms with Crippen LogP contribution in [-0.4, -0.2) is 50.5 Å². The number of sulfonamides is 1. The minimum Gasteiger partial charge on any atom is -0.354 e. The van der Waals surface area contributed by atoms with E-state index in [-0.39, 0.29) is 28.2 Å². The fraction of sp³-hybridized carbons (Fsp3) is 0.391. The molecule has 1 N–H and O–H groups in total. The van der Waals surface area contributed by atoms with E-state index in [2.05, 4.69) is 5.32 Å². The van der Waals surface area contributed by atoms with Gasteiger partial charge in [-0.2, -0.15) is 0 Å². The Morgan fingerprint density at radius 2 is 1.76 bits per heavy atom. The lowest BCUT2D eigenvalue weighted by Gasteiger charge is -2.31. The van der Waals surface area contributed by atoms with E-state index in [0.29, 0.717) is 12.1 Å². The molecule has 2 amide bonds. The van der Waals surface area contributed by atoms with Gasteiger partial charge in [-0.05, 0) is 49.2 Å². The maximum absolute atomic E-state index is 13.4. The van der Waals surface area contributed by atoms with E-state index >= 15 is 0 Å². The van der Waals surface area contributed by atoms with Gasteiger partial charge in [0, 0.05) is 18.1 Å². The number of hydrogen-bond donors (Lipinski definition) is 1. The Kier molecular flexibility index (Phi) is 10.1. The van der Waals surface area contributed by atoms with Crippen molar-refractivity contribution in [1.29, 1.82) is 0 Å². The number of nitrogens with one attached hydrogen (secondary N) is 1. The SMILES string of the molecule is CCCCNC(=O)C(C)N(Cc1ccc(F)cc1)C(=O)CN(c1cc(Cl)ccc1Cl)S(C)(=O)=O. The lowest BCUT2D eigenvalue weighted by molar-refractivity contribution is -0.139. The Morgan fingerprint density at radius 3 is 2.35 bits per heavy atom. The first-order chi connectivity index (χ1) is 15.9. The van der Waals surface area contributed by atoms with E-state index in [0.717, 1.165) is 23.4 Å². The number of rotatable bonds is 11. The predicted octanol–water partition coefficient (Wildman–Crippen LogP) is 4.23. The van der Waals surface area contributed by atoms with Crippen molar-refractivity contribution in [2.75, 3.05) is 23.7 Å². The second-order valence-corrected chi connectivity index (χ2v) is 10.6. The molecule has 0 radical (unpaired) electrons. The highest BCUT2D eigenvalue weighted by Gasteiger charge is 2.30. The molecule has 1 unspecified atom stereocenters. The summed E-state index contributed by atoms with van der Waals surface area (Å²) in [6.45, 7) is 3.36. The van der Waals surface area contributed by atoms with Crippen LogP contribution in [0.25, 0.3) is 0 Å². The summed E-state index contributed by atoms with van der Waals surface area (Å²) in [7, 11) is -3.94. The Balaban J connectivity index is 2.38. The van der Waals surface area contributed by atoms with Crippen LogP contribution in [0.15, 0.2) is 42.5 Å². The number of amides is 2. The first-order valence-corrected chi connectivity index (χ1v) is 13.3. The van der Waals surface area contributed by atoms with Crippen molar-refractivity contribution >= 4 is 50.7 Å². The predicted molar refractivity (Wildman–Crippen MR) is 133 cm³/mol. The van der Waals surface area contributed by atoms with Crippen LogP contribution < -0.4 is 9.62 Å². The summed E-state index contributed by atoms with van der Waals surface area (Å²) >= 11 is 12.2. The van der Waals surface area contributed by atoms with E-state index in [1.165, 1.54) is 47.4 Å². The van der Waals surface area contributed by atoms with Crippen molar-refractivity contribution in [2.24, 2.45) is 0 Å². The molecule has 0 heterocycles. The molecule has 0 fully saturated rings. The molecule has 0 aliphatic heterocycles. The van der Waals surface area contributed by atoms with Crippen LogP contribution in [0.2, 0.25) is 10.0 Å². The fourth-order valence-corrected chi connectivity index (χ4v) is 4.47. The molecule has 2 rings (SSSR count). The van der Waals surface area contributed by atoms with Crippen molar-refractivity contribution in [3.05, 3.63) is 63.9 Å². The van der Waals surface area contributed by atoms with Crippen LogP contribution in [0.1, 0.15) is 32.3 Å². The summed E-state index contributed by atoms with van der Waals surface area (Å²) < 4.78 is 39.3. The van der Waals surface area contributed by atoms with E-state index in [9.17, 15) is 22.4 Å². The molecule has 0 aliphatic carbocycles. The molecule has 0 aromatic heterocycles. The van der Waals surface area contributed by atoms with Gasteiger partial charge in [0.1, 0.15) is 18.4 Å². The van der Waals surface area contributed by atoms with Crippen molar-refractivity contribution in [1.82, 2.24) is 10.2 Å². The number of hydrogen-bond acceptors (Lipinski definition) is 4. The van der Waals surface area contributed by atoms with Crippen LogP contribution in [0.3, 0.4) is 0 Å². The van der Waals surface area contributed by atoms with Crippen LogP contribution in [0.5, 0.6) is 0 Å². The molecular formula is C23H28Cl2FN3O4S. The smallest absolute Gasteiger partial charge is 0.244 e. The molecule has 2 aromatic carbocycles. The minimum atomic E-state index is -3.94. The van der Waals surface area contributed by atoms with Gasteiger partial charge in [-0.25, -0.2) is 12.8 Å². The molecule has 0 aliphatic rings. The molecule has 11 heteroatoms. The highest BCUT2D eigenvalue weighted by atomic mass is 35.5. The van der Waals surface area contributed by atoms with Gasteiger partial charge >= 0.3 is 0 Å². The first-order valence-electron chi connectivity index (χ1n) is 10.7. The van der Waals surface area contributed by atoms with Crippen LogP contribution in [0.4, 0.5) is 10.1 Å². The summed E-state index contributed by atoms with van der Waals surface area (Å²) in [6, 6.07) is 8.87. The quantitative estimate of drug-likeness (QED) is 0.439. The molecule has 1 atom stereocenters. The number of halogens is 3. The Labute approximate surface area is 209 Å². The highest BCUT2D eigenvalue weighted by Crippen LogP contribution is 2.30. The van der Waals surface area contributed by atoms with Crippen molar-refractivity contribution in [3.63, 3.8) is 0 Å². The highest BCUT2D eigenvalue weighted by molar-refractivity contribution is 7.92. The zero-order chi connectivity index (χ0) is 25.5. The van der Waals surface area contributed by atoms with Gasteiger partial charge in [-0.1, -0.05) is 48.7 Å². The number of benzene rings is 2. The molecule has 0 bridgehead atoms. The van der Waals surface area contributed by atoms with Crippen LogP contribution >= 0.6 is 23.2 Å². The maximum Gasteiger partial charge on any atom is 0.244 e. The van der Waals surface area contributed by atoms with Gasteiger partial charge in [0.15, 0.2) is 0 Å². The molecule has 0 saturated carbocycles. The van der Waals surface area contributed by atoms with Gasteiger partial charge in [-0.3, -0.25) is 13.9 Å². The zero-order valence-electron chi connectivity index (χ0n) is 19.2. The van der Waals surface area contributed by atoms with Crippen molar-refractivity contribution in [3.8, 4) is 0 Å². The summed E-state index contributed by atoms with van der Waals surface area (Å²) in [5, 5.41) is 3.12. The number of carbonyl (C=O) groups excluding carboxylic acids is 2. The molecule has 7 nitrogen and oxygen atoms in total. The van der Waals surface area contributed by atoms with E-state index in [1.54, 1.807) is 6.92 Å². The van der Waals surface area contributed by atoms with E-state index in [1.807, 2.05) is 6.92 Å². The maximum atomic E-state index is 13.4. The minimum absolute atomic E-state index is 0.0254. The second kappa shape index (κ2) is 12.4. The van der Waals surface area contributed by atoms with Crippen molar-refractivity contribution in [2.45, 2.75) is 39.3 Å². The number of carbonyl (C=O) groups is 2. The van der Waals surface area contributed by atoms with Crippen LogP contribution in [0, 0.1) is 5.82 Å². The third kappa shape index (κ3) is 7.85. The monoisotopic (exact) mass is 531 g/mol.